The molecule has 0 spiro atoms. The van der Waals surface area contributed by atoms with E-state index in [9.17, 15) is 10.2 Å². The number of nitrogen functional groups attached to an aromatic ring is 1. The molecule has 1 aromatic rings. The van der Waals surface area contributed by atoms with Crippen molar-refractivity contribution in [2.45, 2.75) is 26.8 Å². The third kappa shape index (κ3) is 2.28. The second-order valence-electron chi connectivity index (χ2n) is 4.89. The highest BCUT2D eigenvalue weighted by Gasteiger charge is 2.29. The molecule has 1 rings (SSSR count). The van der Waals surface area contributed by atoms with E-state index in [2.05, 4.69) is 0 Å². The van der Waals surface area contributed by atoms with Crippen LogP contribution >= 0.6 is 0 Å². The van der Waals surface area contributed by atoms with Gasteiger partial charge in [0.1, 0.15) is 5.75 Å². The van der Waals surface area contributed by atoms with Crippen LogP contribution in [0.2, 0.25) is 0 Å². The number of phenolic OH excluding ortho intramolecular Hbond substituents is 1. The fraction of sp³-hybridized carbons (Fsp3) is 0.500. The molecule has 16 heavy (non-hydrogen) atoms. The van der Waals surface area contributed by atoms with Crippen molar-refractivity contribution in [2.24, 2.45) is 11.1 Å². The van der Waals surface area contributed by atoms with Crippen LogP contribution in [0.3, 0.4) is 0 Å². The summed E-state index contributed by atoms with van der Waals surface area (Å²) < 4.78 is 0. The molecule has 1 aromatic carbocycles. The van der Waals surface area contributed by atoms with Crippen LogP contribution in [0.1, 0.15) is 31.0 Å². The molecule has 0 heterocycles. The molecule has 0 saturated carbocycles. The van der Waals surface area contributed by atoms with Crippen molar-refractivity contribution in [3.05, 3.63) is 23.3 Å². The summed E-state index contributed by atoms with van der Waals surface area (Å²) >= 11 is 0. The fourth-order valence-electron chi connectivity index (χ4n) is 1.50. The van der Waals surface area contributed by atoms with Crippen LogP contribution in [0.25, 0.3) is 0 Å². The largest absolute Gasteiger partial charge is 0.508 e. The summed E-state index contributed by atoms with van der Waals surface area (Å²) in [6.45, 7) is 5.45. The third-order valence-electron chi connectivity index (χ3n) is 3.00. The number of hydrogen-bond acceptors (Lipinski definition) is 4. The average molecular weight is 224 g/mol. The quantitative estimate of drug-likeness (QED) is 0.460. The summed E-state index contributed by atoms with van der Waals surface area (Å²) in [4.78, 5) is 0. The molecule has 0 aromatic heterocycles. The molecular weight excluding hydrogens is 204 g/mol. The van der Waals surface area contributed by atoms with Crippen LogP contribution in [-0.2, 0) is 0 Å². The maximum Gasteiger partial charge on any atom is 0.120 e. The molecule has 4 heteroatoms. The summed E-state index contributed by atoms with van der Waals surface area (Å²) in [6, 6.07) is 2.81. The first-order chi connectivity index (χ1) is 7.29. The van der Waals surface area contributed by atoms with Crippen LogP contribution in [0.15, 0.2) is 12.1 Å². The third-order valence-corrected chi connectivity index (χ3v) is 3.00. The molecule has 90 valence electrons. The molecule has 0 radical (unpaired) electrons. The summed E-state index contributed by atoms with van der Waals surface area (Å²) in [6.07, 6.45) is 0. The van der Waals surface area contributed by atoms with Crippen LogP contribution in [0.4, 0.5) is 5.69 Å². The van der Waals surface area contributed by atoms with Gasteiger partial charge in [0.05, 0.1) is 0 Å². The van der Waals surface area contributed by atoms with Gasteiger partial charge in [-0.05, 0) is 24.6 Å². The number of rotatable bonds is 3. The van der Waals surface area contributed by atoms with Crippen molar-refractivity contribution >= 4 is 5.69 Å². The van der Waals surface area contributed by atoms with Gasteiger partial charge in [-0.2, -0.15) is 0 Å². The van der Waals surface area contributed by atoms with Crippen molar-refractivity contribution in [2.75, 3.05) is 12.3 Å². The summed E-state index contributed by atoms with van der Waals surface area (Å²) in [7, 11) is 0. The van der Waals surface area contributed by atoms with Gasteiger partial charge in [-0.15, -0.1) is 0 Å². The number of aliphatic hydroxyl groups excluding tert-OH is 1. The highest BCUT2D eigenvalue weighted by Crippen LogP contribution is 2.37. The lowest BCUT2D eigenvalue weighted by atomic mass is 9.81. The lowest BCUT2D eigenvalue weighted by molar-refractivity contribution is 0.131. The van der Waals surface area contributed by atoms with Gasteiger partial charge in [0, 0.05) is 29.3 Å². The maximum atomic E-state index is 9.83. The van der Waals surface area contributed by atoms with E-state index in [1.54, 1.807) is 12.1 Å². The SMILES string of the molecule is Cc1cc(O)c(C(N)C(C)(C)CO)cc1N. The zero-order valence-electron chi connectivity index (χ0n) is 9.99. The van der Waals surface area contributed by atoms with Gasteiger partial charge >= 0.3 is 0 Å². The number of aryl methyl sites for hydroxylation is 1. The summed E-state index contributed by atoms with van der Waals surface area (Å²) in [5, 5.41) is 19.1. The second kappa shape index (κ2) is 4.31. The van der Waals surface area contributed by atoms with Crippen molar-refractivity contribution in [3.63, 3.8) is 0 Å². The predicted octanol–water partition coefficient (Wildman–Crippen LogP) is 1.30. The van der Waals surface area contributed by atoms with E-state index in [0.717, 1.165) is 5.56 Å². The zero-order chi connectivity index (χ0) is 12.5. The van der Waals surface area contributed by atoms with E-state index < -0.39 is 11.5 Å². The van der Waals surface area contributed by atoms with E-state index in [-0.39, 0.29) is 12.4 Å². The number of anilines is 1. The van der Waals surface area contributed by atoms with Gasteiger partial charge in [-0.1, -0.05) is 13.8 Å². The topological polar surface area (TPSA) is 92.5 Å². The smallest absolute Gasteiger partial charge is 0.120 e. The first-order valence-corrected chi connectivity index (χ1v) is 5.25. The standard InChI is InChI=1S/C12H20N2O2/c1-7-4-10(16)8(5-9(7)13)11(14)12(2,3)6-15/h4-5,11,15-16H,6,13-14H2,1-3H3. The first kappa shape index (κ1) is 12.8. The Morgan fingerprint density at radius 1 is 1.38 bits per heavy atom. The number of phenols is 1. The fourth-order valence-corrected chi connectivity index (χ4v) is 1.50. The van der Waals surface area contributed by atoms with Crippen molar-refractivity contribution in [3.8, 4) is 5.75 Å². The number of aliphatic hydroxyl groups is 1. The molecule has 0 aliphatic rings. The molecule has 0 aliphatic carbocycles. The van der Waals surface area contributed by atoms with E-state index in [1.165, 1.54) is 0 Å². The van der Waals surface area contributed by atoms with Gasteiger partial charge in [0.2, 0.25) is 0 Å². The van der Waals surface area contributed by atoms with Crippen LogP contribution < -0.4 is 11.5 Å². The summed E-state index contributed by atoms with van der Waals surface area (Å²) in [5.74, 6) is 0.126. The Bertz CT molecular complexity index is 389. The monoisotopic (exact) mass is 224 g/mol. The Morgan fingerprint density at radius 2 is 1.94 bits per heavy atom. The van der Waals surface area contributed by atoms with Gasteiger partial charge in [-0.3, -0.25) is 0 Å². The van der Waals surface area contributed by atoms with Gasteiger partial charge in [0.15, 0.2) is 0 Å². The molecule has 0 saturated heterocycles. The Labute approximate surface area is 95.9 Å². The minimum Gasteiger partial charge on any atom is -0.508 e. The number of benzene rings is 1. The number of aromatic hydroxyl groups is 1. The number of hydrogen-bond donors (Lipinski definition) is 4. The average Bonchev–Trinajstić information content (AvgIpc) is 2.22. The summed E-state index contributed by atoms with van der Waals surface area (Å²) in [5.41, 5.74) is 13.3. The van der Waals surface area contributed by atoms with E-state index in [4.69, 9.17) is 11.5 Å². The lowest BCUT2D eigenvalue weighted by Gasteiger charge is -2.30. The van der Waals surface area contributed by atoms with E-state index in [0.29, 0.717) is 11.3 Å². The molecule has 0 bridgehead atoms. The van der Waals surface area contributed by atoms with Gasteiger partial charge in [-0.25, -0.2) is 0 Å². The lowest BCUT2D eigenvalue weighted by Crippen LogP contribution is -2.32. The molecule has 0 fully saturated rings. The Kier molecular flexibility index (Phi) is 3.45. The molecular formula is C12H20N2O2. The van der Waals surface area contributed by atoms with Crippen molar-refractivity contribution in [1.29, 1.82) is 0 Å². The van der Waals surface area contributed by atoms with E-state index >= 15 is 0 Å². The first-order valence-electron chi connectivity index (χ1n) is 5.25. The van der Waals surface area contributed by atoms with Gasteiger partial charge < -0.3 is 21.7 Å². The number of nitrogens with two attached hydrogens (primary N) is 2. The highest BCUT2D eigenvalue weighted by molar-refractivity contribution is 5.54. The second-order valence-corrected chi connectivity index (χ2v) is 4.89. The molecule has 0 aliphatic heterocycles. The Balaban J connectivity index is 3.19. The Morgan fingerprint density at radius 3 is 2.44 bits per heavy atom. The zero-order valence-corrected chi connectivity index (χ0v) is 9.99. The Hall–Kier alpha value is -1.26. The molecule has 1 unspecified atom stereocenters. The van der Waals surface area contributed by atoms with Crippen LogP contribution in [-0.4, -0.2) is 16.8 Å². The predicted molar refractivity (Wildman–Crippen MR) is 65.1 cm³/mol. The maximum absolute atomic E-state index is 9.83. The highest BCUT2D eigenvalue weighted by atomic mass is 16.3. The van der Waals surface area contributed by atoms with Crippen molar-refractivity contribution in [1.82, 2.24) is 0 Å². The normalized spacial score (nSPS) is 13.8. The molecule has 0 amide bonds. The molecule has 6 N–H and O–H groups in total. The minimum absolute atomic E-state index is 0.0542. The van der Waals surface area contributed by atoms with Gasteiger partial charge in [0.25, 0.3) is 0 Å². The van der Waals surface area contributed by atoms with Crippen LogP contribution in [0, 0.1) is 12.3 Å². The molecule has 4 nitrogen and oxygen atoms in total. The minimum atomic E-state index is -0.501. The van der Waals surface area contributed by atoms with E-state index in [1.807, 2.05) is 20.8 Å². The van der Waals surface area contributed by atoms with Crippen molar-refractivity contribution < 1.29 is 10.2 Å². The molecule has 1 atom stereocenters. The van der Waals surface area contributed by atoms with Crippen LogP contribution in [0.5, 0.6) is 5.75 Å².